The Morgan fingerprint density at radius 1 is 1.54 bits per heavy atom. The lowest BCUT2D eigenvalue weighted by molar-refractivity contribution is -0.110. The fourth-order valence-electron chi connectivity index (χ4n) is 1.72. The third-order valence-electron chi connectivity index (χ3n) is 2.82. The van der Waals surface area contributed by atoms with Gasteiger partial charge in [-0.25, -0.2) is 0 Å². The van der Waals surface area contributed by atoms with Crippen LogP contribution in [0.4, 0.5) is 0 Å². The van der Waals surface area contributed by atoms with Crippen LogP contribution < -0.4 is 0 Å². The van der Waals surface area contributed by atoms with Gasteiger partial charge in [-0.05, 0) is 24.7 Å². The molecule has 3 heteroatoms. The van der Waals surface area contributed by atoms with E-state index >= 15 is 0 Å². The topological polar surface area (TPSA) is 49.7 Å². The molecule has 0 aliphatic carbocycles. The number of rotatable bonds is 3. The average molecular weight is 188 g/mol. The first kappa shape index (κ1) is 11.0. The van der Waals surface area contributed by atoms with Gasteiger partial charge < -0.3 is 14.9 Å². The molecule has 3 nitrogen and oxygen atoms in total. The van der Waals surface area contributed by atoms with Crippen molar-refractivity contribution in [2.24, 2.45) is 11.8 Å². The summed E-state index contributed by atoms with van der Waals surface area (Å²) in [6.45, 7) is 4.92. The Morgan fingerprint density at radius 3 is 2.85 bits per heavy atom. The summed E-state index contributed by atoms with van der Waals surface area (Å²) in [6, 6.07) is 0. The first-order chi connectivity index (χ1) is 6.15. The first-order valence-electron chi connectivity index (χ1n) is 5.05. The normalized spacial score (nSPS) is 37.4. The van der Waals surface area contributed by atoms with Crippen molar-refractivity contribution >= 4 is 0 Å². The van der Waals surface area contributed by atoms with Gasteiger partial charge in [0.1, 0.15) is 0 Å². The first-order valence-corrected chi connectivity index (χ1v) is 5.05. The van der Waals surface area contributed by atoms with Gasteiger partial charge in [-0.1, -0.05) is 13.8 Å². The van der Waals surface area contributed by atoms with E-state index in [1.807, 2.05) is 13.8 Å². The van der Waals surface area contributed by atoms with Crippen molar-refractivity contribution < 1.29 is 14.9 Å². The van der Waals surface area contributed by atoms with E-state index < -0.39 is 0 Å². The Morgan fingerprint density at radius 2 is 2.23 bits per heavy atom. The molecule has 0 aromatic carbocycles. The highest BCUT2D eigenvalue weighted by atomic mass is 16.5. The quantitative estimate of drug-likeness (QED) is 0.688. The molecule has 4 atom stereocenters. The highest BCUT2D eigenvalue weighted by Crippen LogP contribution is 2.24. The summed E-state index contributed by atoms with van der Waals surface area (Å²) in [5.41, 5.74) is 0. The summed E-state index contributed by atoms with van der Waals surface area (Å²) >= 11 is 0. The van der Waals surface area contributed by atoms with E-state index in [-0.39, 0.29) is 24.7 Å². The second-order valence-electron chi connectivity index (χ2n) is 4.19. The average Bonchev–Trinajstić information content (AvgIpc) is 2.13. The molecule has 1 aliphatic heterocycles. The van der Waals surface area contributed by atoms with E-state index in [4.69, 9.17) is 9.84 Å². The monoisotopic (exact) mass is 188 g/mol. The van der Waals surface area contributed by atoms with E-state index in [9.17, 15) is 5.11 Å². The molecular formula is C10H20O3. The second-order valence-corrected chi connectivity index (χ2v) is 4.19. The van der Waals surface area contributed by atoms with Crippen molar-refractivity contribution in [3.05, 3.63) is 0 Å². The van der Waals surface area contributed by atoms with Crippen molar-refractivity contribution in [2.45, 2.75) is 38.9 Å². The molecule has 78 valence electrons. The molecular weight excluding hydrogens is 168 g/mol. The van der Waals surface area contributed by atoms with E-state index in [2.05, 4.69) is 0 Å². The van der Waals surface area contributed by atoms with Crippen LogP contribution >= 0.6 is 0 Å². The van der Waals surface area contributed by atoms with Crippen LogP contribution in [0.2, 0.25) is 0 Å². The standard InChI is InChI=1S/C10H20O3/c1-7(6-11)5-9-10(12)8(2)3-4-13-9/h7-12H,3-6H2,1-2H3/t7?,8?,9-,10?/m1/s1. The number of hydrogen-bond acceptors (Lipinski definition) is 3. The summed E-state index contributed by atoms with van der Waals surface area (Å²) in [4.78, 5) is 0. The van der Waals surface area contributed by atoms with Crippen molar-refractivity contribution in [2.75, 3.05) is 13.2 Å². The van der Waals surface area contributed by atoms with E-state index in [0.717, 1.165) is 19.4 Å². The predicted octanol–water partition coefficient (Wildman–Crippen LogP) is 0.791. The Labute approximate surface area is 79.7 Å². The molecule has 3 unspecified atom stereocenters. The molecule has 0 radical (unpaired) electrons. The molecule has 1 fully saturated rings. The Kier molecular flexibility index (Phi) is 4.16. The molecule has 1 aliphatic rings. The number of aliphatic hydroxyl groups is 2. The molecule has 0 aromatic heterocycles. The molecule has 0 amide bonds. The van der Waals surface area contributed by atoms with Crippen LogP contribution in [0.25, 0.3) is 0 Å². The third-order valence-corrected chi connectivity index (χ3v) is 2.82. The van der Waals surface area contributed by atoms with E-state index in [1.165, 1.54) is 0 Å². The van der Waals surface area contributed by atoms with Crippen molar-refractivity contribution in [3.8, 4) is 0 Å². The number of hydrogen-bond donors (Lipinski definition) is 2. The zero-order valence-corrected chi connectivity index (χ0v) is 8.44. The van der Waals surface area contributed by atoms with Gasteiger partial charge in [0.25, 0.3) is 0 Å². The second kappa shape index (κ2) is 4.94. The van der Waals surface area contributed by atoms with Gasteiger partial charge in [-0.3, -0.25) is 0 Å². The maximum absolute atomic E-state index is 9.78. The minimum absolute atomic E-state index is 0.0779. The zero-order chi connectivity index (χ0) is 9.84. The van der Waals surface area contributed by atoms with Crippen molar-refractivity contribution in [1.29, 1.82) is 0 Å². The molecule has 0 bridgehead atoms. The lowest BCUT2D eigenvalue weighted by Gasteiger charge is -2.34. The number of aliphatic hydroxyl groups excluding tert-OH is 2. The molecule has 0 spiro atoms. The zero-order valence-electron chi connectivity index (χ0n) is 8.44. The lowest BCUT2D eigenvalue weighted by atomic mass is 9.89. The van der Waals surface area contributed by atoms with Gasteiger partial charge in [-0.2, -0.15) is 0 Å². The largest absolute Gasteiger partial charge is 0.396 e. The smallest absolute Gasteiger partial charge is 0.0839 e. The summed E-state index contributed by atoms with van der Waals surface area (Å²) in [6.07, 6.45) is 1.25. The molecule has 0 saturated carbocycles. The molecule has 0 aromatic rings. The Bertz CT molecular complexity index is 149. The Balaban J connectivity index is 2.39. The van der Waals surface area contributed by atoms with Crippen LogP contribution in [0.5, 0.6) is 0 Å². The third kappa shape index (κ3) is 2.93. The number of ether oxygens (including phenoxy) is 1. The van der Waals surface area contributed by atoms with Crippen LogP contribution in [-0.2, 0) is 4.74 Å². The fraction of sp³-hybridized carbons (Fsp3) is 1.00. The van der Waals surface area contributed by atoms with Crippen molar-refractivity contribution in [3.63, 3.8) is 0 Å². The molecule has 1 heterocycles. The van der Waals surface area contributed by atoms with Crippen LogP contribution in [0.1, 0.15) is 26.7 Å². The highest BCUT2D eigenvalue weighted by molar-refractivity contribution is 4.79. The minimum Gasteiger partial charge on any atom is -0.396 e. The van der Waals surface area contributed by atoms with Crippen molar-refractivity contribution in [1.82, 2.24) is 0 Å². The summed E-state index contributed by atoms with van der Waals surface area (Å²) in [5, 5.41) is 18.7. The van der Waals surface area contributed by atoms with Crippen LogP contribution in [0, 0.1) is 11.8 Å². The lowest BCUT2D eigenvalue weighted by Crippen LogP contribution is -2.41. The molecule has 13 heavy (non-hydrogen) atoms. The van der Waals surface area contributed by atoms with Gasteiger partial charge in [-0.15, -0.1) is 0 Å². The van der Waals surface area contributed by atoms with Gasteiger partial charge >= 0.3 is 0 Å². The summed E-state index contributed by atoms with van der Waals surface area (Å²) in [5.74, 6) is 0.537. The Hall–Kier alpha value is -0.120. The molecule has 2 N–H and O–H groups in total. The molecule has 1 rings (SSSR count). The maximum Gasteiger partial charge on any atom is 0.0839 e. The van der Waals surface area contributed by atoms with Crippen LogP contribution in [0.15, 0.2) is 0 Å². The van der Waals surface area contributed by atoms with Crippen LogP contribution in [0.3, 0.4) is 0 Å². The summed E-state index contributed by atoms with van der Waals surface area (Å²) in [7, 11) is 0. The fourth-order valence-corrected chi connectivity index (χ4v) is 1.72. The van der Waals surface area contributed by atoms with Gasteiger partial charge in [0, 0.05) is 13.2 Å². The highest BCUT2D eigenvalue weighted by Gasteiger charge is 2.30. The van der Waals surface area contributed by atoms with E-state index in [1.54, 1.807) is 0 Å². The van der Waals surface area contributed by atoms with E-state index in [0.29, 0.717) is 5.92 Å². The molecule has 1 saturated heterocycles. The summed E-state index contributed by atoms with van der Waals surface area (Å²) < 4.78 is 5.47. The predicted molar refractivity (Wildman–Crippen MR) is 50.4 cm³/mol. The van der Waals surface area contributed by atoms with Gasteiger partial charge in [0.05, 0.1) is 12.2 Å². The van der Waals surface area contributed by atoms with Gasteiger partial charge in [0.15, 0.2) is 0 Å². The maximum atomic E-state index is 9.78. The SMILES string of the molecule is CC(CO)C[C@H]1OCCC(C)C1O. The minimum atomic E-state index is -0.359. The van der Waals surface area contributed by atoms with Crippen LogP contribution in [-0.4, -0.2) is 35.6 Å². The van der Waals surface area contributed by atoms with Gasteiger partial charge in [0.2, 0.25) is 0 Å².